The van der Waals surface area contributed by atoms with Gasteiger partial charge in [0.25, 0.3) is 11.0 Å². The predicted molar refractivity (Wildman–Crippen MR) is 58.4 cm³/mol. The Kier molecular flexibility index (Phi) is 2.91. The molecule has 16 heavy (non-hydrogen) atoms. The lowest BCUT2D eigenvalue weighted by molar-refractivity contribution is -0.132. The zero-order chi connectivity index (χ0) is 11.5. The molecule has 2 amide bonds. The van der Waals surface area contributed by atoms with Gasteiger partial charge in [0.15, 0.2) is 5.50 Å². The van der Waals surface area contributed by atoms with E-state index in [9.17, 15) is 14.4 Å². The number of nitrogens with one attached hydrogen (secondary N) is 2. The van der Waals surface area contributed by atoms with Crippen molar-refractivity contribution in [2.75, 3.05) is 0 Å². The molecule has 0 aliphatic carbocycles. The molecule has 82 valence electrons. The highest BCUT2D eigenvalue weighted by atomic mass is 32.2. The van der Waals surface area contributed by atoms with E-state index in [1.807, 2.05) is 0 Å². The van der Waals surface area contributed by atoms with Crippen molar-refractivity contribution in [3.05, 3.63) is 35.9 Å². The maximum absolute atomic E-state index is 11.6. The molecule has 2 N–H and O–H groups in total. The third-order valence-electron chi connectivity index (χ3n) is 1.97. The van der Waals surface area contributed by atoms with Gasteiger partial charge in [-0.25, -0.2) is 0 Å². The van der Waals surface area contributed by atoms with Crippen LogP contribution in [0.4, 0.5) is 0 Å². The van der Waals surface area contributed by atoms with Gasteiger partial charge in [-0.3, -0.25) is 14.4 Å². The van der Waals surface area contributed by atoms with Gasteiger partial charge in [-0.15, -0.1) is 0 Å². The largest absolute Gasteiger partial charge is 0.323 e. The van der Waals surface area contributed by atoms with E-state index < -0.39 is 16.5 Å². The van der Waals surface area contributed by atoms with Crippen LogP contribution in [-0.4, -0.2) is 22.4 Å². The summed E-state index contributed by atoms with van der Waals surface area (Å²) in [5.74, 6) is -1.00. The van der Waals surface area contributed by atoms with Crippen LogP contribution in [0.5, 0.6) is 0 Å². The van der Waals surface area contributed by atoms with Gasteiger partial charge in [-0.2, -0.15) is 0 Å². The Morgan fingerprint density at radius 1 is 1.25 bits per heavy atom. The number of carbonyl (C=O) groups excluding carboxylic acids is 3. The molecule has 6 heteroatoms. The van der Waals surface area contributed by atoms with Crippen molar-refractivity contribution in [1.29, 1.82) is 0 Å². The Balaban J connectivity index is 1.99. The van der Waals surface area contributed by atoms with Crippen LogP contribution in [0.2, 0.25) is 0 Å². The average molecular weight is 236 g/mol. The SMILES string of the molecule is O=C1NC(NC(=O)c2ccccc2)SC1=O. The monoisotopic (exact) mass is 236 g/mol. The van der Waals surface area contributed by atoms with Gasteiger partial charge in [0, 0.05) is 5.56 Å². The quantitative estimate of drug-likeness (QED) is 0.714. The zero-order valence-electron chi connectivity index (χ0n) is 8.10. The Bertz CT molecular complexity index is 431. The predicted octanol–water partition coefficient (Wildman–Crippen LogP) is 0.0896. The van der Waals surface area contributed by atoms with Crippen molar-refractivity contribution in [3.63, 3.8) is 0 Å². The number of carbonyl (C=O) groups is 3. The summed E-state index contributed by atoms with van der Waals surface area (Å²) < 4.78 is 0. The van der Waals surface area contributed by atoms with E-state index in [-0.39, 0.29) is 5.91 Å². The molecule has 0 aromatic heterocycles. The maximum atomic E-state index is 11.6. The molecule has 0 radical (unpaired) electrons. The molecule has 1 aliphatic heterocycles. The van der Waals surface area contributed by atoms with Crippen LogP contribution in [0.15, 0.2) is 30.3 Å². The second-order valence-electron chi connectivity index (χ2n) is 3.10. The third-order valence-corrected chi connectivity index (χ3v) is 2.84. The summed E-state index contributed by atoms with van der Waals surface area (Å²) in [4.78, 5) is 33.4. The minimum Gasteiger partial charge on any atom is -0.323 e. The van der Waals surface area contributed by atoms with Gasteiger partial charge in [0.1, 0.15) is 0 Å². The summed E-state index contributed by atoms with van der Waals surface area (Å²) in [5, 5.41) is 4.29. The number of rotatable bonds is 2. The highest BCUT2D eigenvalue weighted by molar-refractivity contribution is 8.16. The molecule has 1 aromatic carbocycles. The fraction of sp³-hybridized carbons (Fsp3) is 0.100. The summed E-state index contributed by atoms with van der Waals surface area (Å²) in [7, 11) is 0. The van der Waals surface area contributed by atoms with Crippen LogP contribution in [-0.2, 0) is 9.59 Å². The maximum Gasteiger partial charge on any atom is 0.301 e. The number of hydrogen-bond donors (Lipinski definition) is 2. The molecule has 1 heterocycles. The Morgan fingerprint density at radius 3 is 2.50 bits per heavy atom. The lowest BCUT2D eigenvalue weighted by Crippen LogP contribution is -2.41. The molecule has 1 saturated heterocycles. The minimum absolute atomic E-state index is 0.326. The lowest BCUT2D eigenvalue weighted by Gasteiger charge is -2.10. The summed E-state index contributed by atoms with van der Waals surface area (Å²) in [6, 6.07) is 8.57. The molecular weight excluding hydrogens is 228 g/mol. The van der Waals surface area contributed by atoms with Crippen LogP contribution in [0, 0.1) is 0 Å². The molecule has 0 bridgehead atoms. The standard InChI is InChI=1S/C10H8N2O3S/c13-7(6-4-2-1-3-5-6)11-10-12-8(14)9(15)16-10/h1-5,10H,(H,11,13)(H,12,14). The Labute approximate surface area is 95.6 Å². The normalized spacial score (nSPS) is 19.4. The van der Waals surface area contributed by atoms with Crippen LogP contribution >= 0.6 is 11.8 Å². The van der Waals surface area contributed by atoms with Crippen molar-refractivity contribution in [1.82, 2.24) is 10.6 Å². The molecular formula is C10H8N2O3S. The second-order valence-corrected chi connectivity index (χ2v) is 4.18. The first-order chi connectivity index (χ1) is 7.66. The first-order valence-corrected chi connectivity index (χ1v) is 5.42. The number of hydrogen-bond acceptors (Lipinski definition) is 4. The summed E-state index contributed by atoms with van der Waals surface area (Å²) >= 11 is 0.765. The lowest BCUT2D eigenvalue weighted by atomic mass is 10.2. The third kappa shape index (κ3) is 2.22. The smallest absolute Gasteiger partial charge is 0.301 e. The molecule has 1 unspecified atom stereocenters. The molecule has 1 aliphatic rings. The molecule has 1 aromatic rings. The van der Waals surface area contributed by atoms with Crippen LogP contribution in [0.3, 0.4) is 0 Å². The van der Waals surface area contributed by atoms with Crippen molar-refractivity contribution < 1.29 is 14.4 Å². The van der Waals surface area contributed by atoms with Gasteiger partial charge in [0.2, 0.25) is 0 Å². The zero-order valence-corrected chi connectivity index (χ0v) is 8.91. The molecule has 0 saturated carbocycles. The van der Waals surface area contributed by atoms with Crippen molar-refractivity contribution in [3.8, 4) is 0 Å². The van der Waals surface area contributed by atoms with Crippen molar-refractivity contribution in [2.24, 2.45) is 0 Å². The second kappa shape index (κ2) is 4.36. The number of amides is 2. The molecule has 5 nitrogen and oxygen atoms in total. The molecule has 1 atom stereocenters. The van der Waals surface area contributed by atoms with Gasteiger partial charge in [-0.05, 0) is 23.9 Å². The Hall–Kier alpha value is -1.82. The molecule has 0 spiro atoms. The van der Waals surface area contributed by atoms with E-state index in [4.69, 9.17) is 0 Å². The number of thioether (sulfide) groups is 1. The summed E-state index contributed by atoms with van der Waals surface area (Å²) in [6.45, 7) is 0. The van der Waals surface area contributed by atoms with Gasteiger partial charge in [0.05, 0.1) is 0 Å². The van der Waals surface area contributed by atoms with Crippen molar-refractivity contribution >= 4 is 28.7 Å². The van der Waals surface area contributed by atoms with Crippen LogP contribution < -0.4 is 10.6 Å². The van der Waals surface area contributed by atoms with Crippen molar-refractivity contribution in [2.45, 2.75) is 5.50 Å². The fourth-order valence-corrected chi connectivity index (χ4v) is 1.94. The average Bonchev–Trinajstić information content (AvgIpc) is 2.59. The van der Waals surface area contributed by atoms with E-state index in [0.29, 0.717) is 5.56 Å². The van der Waals surface area contributed by atoms with E-state index in [1.54, 1.807) is 30.3 Å². The van der Waals surface area contributed by atoms with E-state index in [1.165, 1.54) is 0 Å². The minimum atomic E-state index is -0.677. The highest BCUT2D eigenvalue weighted by Gasteiger charge is 2.31. The Morgan fingerprint density at radius 2 is 1.94 bits per heavy atom. The van der Waals surface area contributed by atoms with Crippen LogP contribution in [0.1, 0.15) is 10.4 Å². The summed E-state index contributed by atoms with van der Waals surface area (Å²) in [6.07, 6.45) is 0. The highest BCUT2D eigenvalue weighted by Crippen LogP contribution is 2.14. The van der Waals surface area contributed by atoms with E-state index in [2.05, 4.69) is 10.6 Å². The van der Waals surface area contributed by atoms with Gasteiger partial charge >= 0.3 is 5.91 Å². The first kappa shape index (κ1) is 10.7. The topological polar surface area (TPSA) is 75.3 Å². The van der Waals surface area contributed by atoms with Gasteiger partial charge < -0.3 is 10.6 Å². The fourth-order valence-electron chi connectivity index (χ4n) is 1.23. The number of benzene rings is 1. The molecule has 2 rings (SSSR count). The molecule has 1 fully saturated rings. The first-order valence-electron chi connectivity index (χ1n) is 4.54. The summed E-state index contributed by atoms with van der Waals surface area (Å²) in [5.41, 5.74) is -0.190. The van der Waals surface area contributed by atoms with Crippen LogP contribution in [0.25, 0.3) is 0 Å². The van der Waals surface area contributed by atoms with Gasteiger partial charge in [-0.1, -0.05) is 18.2 Å². The van der Waals surface area contributed by atoms with E-state index >= 15 is 0 Å². The van der Waals surface area contributed by atoms with E-state index in [0.717, 1.165) is 11.8 Å².